The van der Waals surface area contributed by atoms with Gasteiger partial charge in [-0.1, -0.05) is 89.2 Å². The van der Waals surface area contributed by atoms with Crippen LogP contribution in [0.15, 0.2) is 92.4 Å². The molecule has 0 spiro atoms. The molecule has 16 aliphatic rings. The number of carbonyl (C=O) groups excluding carboxylic acids is 4. The van der Waals surface area contributed by atoms with Gasteiger partial charge in [-0.25, -0.2) is 9.36 Å². The first-order valence-electron chi connectivity index (χ1n) is 55.1. The average molecular weight is 2080 g/mol. The van der Waals surface area contributed by atoms with Crippen LogP contribution < -0.4 is 0 Å². The molecule has 0 unspecified atom stereocenters. The molecule has 8 aromatic rings. The number of rotatable bonds is 15. The van der Waals surface area contributed by atoms with Crippen molar-refractivity contribution in [3.8, 4) is 0 Å². The molecule has 24 rings (SSSR count). The molecule has 0 amide bonds. The summed E-state index contributed by atoms with van der Waals surface area (Å²) < 4.78 is 3.66. The molecule has 142 heavy (non-hydrogen) atoms. The summed E-state index contributed by atoms with van der Waals surface area (Å²) in [6, 6.07) is 24.5. The highest BCUT2D eigenvalue weighted by Gasteiger charge is 2.68. The lowest BCUT2D eigenvalue weighted by Gasteiger charge is -2.61. The second kappa shape index (κ2) is 39.9. The number of fused-ring (bicyclic) bond motifs is 24. The van der Waals surface area contributed by atoms with E-state index in [9.17, 15) is 39.6 Å². The van der Waals surface area contributed by atoms with Gasteiger partial charge in [0.2, 0.25) is 0 Å². The third-order valence-corrected chi connectivity index (χ3v) is 48.5. The van der Waals surface area contributed by atoms with Crippen LogP contribution in [-0.2, 0) is 38.8 Å². The minimum absolute atomic E-state index is 0. The second-order valence-corrected chi connectivity index (χ2v) is 56.2. The SMILES string of the molecule is C.CSc1ccc2c(c1)nnn2CC(=O)[C@H]1CC[C@H]2[C@@H]3CC[C@H]4C[C@](C)(O)CC[C@]4(C)[C@H]3CC[C@]12C.CSc1ccc2n[nH]nc2c1.CSc1ccc2nn(CC(=O)[C@H]3CC[C@H]4[C@@H]5CC[C@H]6C[C@](C)(O)CC[C@]6(C)[C@H]5CC[C@]34C)nc2c1.CSc1ccc2nnn(CC(=O)[C@H]3CC[C@H]4[C@@H]5CC[C@H]6C[C@](C)(O)CC[C@]6(C)[C@H]5CC[C@]34C)c2c1.C[C@@]1(O)CC[C@@]2(C)[C@@H](CC[C@@H]3[C@@H]2CC[C@]2(C)[C@@H](C(=O)CBr)CC[C@@H]32)C1. The standard InChI is InChI=1S/3C29H41N3O2S.C22H35BrO2.C7H7N3S.CH4/c1-27(34)13-14-28(2)18(16-27)5-7-20-21-8-9-23(29(21,3)12-11-22(20)28)26(33)17-32-25-10-6-19(35-4)15-24(25)30-31-32;1-27(34)13-14-28(2)18(16-27)5-7-20-21-8-9-23(29(21,3)12-11-22(20)28)26(33)17-32-25-15-19(35-4)6-10-24(25)30-31-32;1-27(34)13-14-28(2)18(16-27)5-7-20-21-8-9-23(29(21,3)12-11-22(20)28)26(33)17-32-30-24-10-6-19(35-4)15-25(24)31-32;1-20(25)10-11-21(2)14(12-20)4-5-15-16-6-7-18(19(24)13-23)22(16,3)9-8-17(15)21;1-11-5-2-3-6-7(4-5)9-10-8-6;/h3*6,10,15,18,20-23,34H,5,7-9,11-14,16-17H2,1-4H3;14-18,25H,4-13H2,1-3H3;2-4H,1H3,(H,8,9,10);1H4/t3*18-,20-,21-,22-,23+,27+,28-,29-;14-,15-,16-,17-,18+,20+,21-,22-;;/m0000../s1. The summed E-state index contributed by atoms with van der Waals surface area (Å²) >= 11 is 10.2. The number of H-pyrrole nitrogens is 1. The molecular weight excluding hydrogens is 1910 g/mol. The number of hydrogen-bond acceptors (Lipinski definition) is 20. The number of thioether (sulfide) groups is 4. The number of carbonyl (C=O) groups is 4. The molecule has 4 aromatic carbocycles. The summed E-state index contributed by atoms with van der Waals surface area (Å²) in [5.74, 6) is 13.7. The largest absolute Gasteiger partial charge is 0.390 e. The van der Waals surface area contributed by atoms with Crippen LogP contribution in [0.3, 0.4) is 0 Å². The molecule has 16 saturated carbocycles. The molecule has 32 atom stereocenters. The van der Waals surface area contributed by atoms with Crippen molar-refractivity contribution >= 4 is 130 Å². The Kier molecular flexibility index (Phi) is 29.6. The zero-order valence-corrected chi connectivity index (χ0v) is 92.5. The lowest BCUT2D eigenvalue weighted by Crippen LogP contribution is -2.55. The van der Waals surface area contributed by atoms with Crippen molar-refractivity contribution in [3.63, 3.8) is 0 Å². The number of alkyl halides is 1. The van der Waals surface area contributed by atoms with Crippen LogP contribution in [0.4, 0.5) is 0 Å². The van der Waals surface area contributed by atoms with Crippen molar-refractivity contribution in [2.45, 2.75) is 383 Å². The van der Waals surface area contributed by atoms with E-state index in [1.807, 2.05) is 73.6 Å². The topological polar surface area (TPSA) is 283 Å². The van der Waals surface area contributed by atoms with Gasteiger partial charge in [0.05, 0.1) is 38.8 Å². The van der Waals surface area contributed by atoms with Gasteiger partial charge in [0.1, 0.15) is 58.5 Å². The maximum Gasteiger partial charge on any atom is 0.159 e. The molecule has 0 bridgehead atoms. The highest BCUT2D eigenvalue weighted by atomic mass is 79.9. The molecule has 776 valence electrons. The Morgan fingerprint density at radius 1 is 0.324 bits per heavy atom. The molecule has 16 aliphatic carbocycles. The predicted octanol–water partition coefficient (Wildman–Crippen LogP) is 26.1. The summed E-state index contributed by atoms with van der Waals surface area (Å²) in [6.45, 7) is 29.1. The Morgan fingerprint density at radius 3 is 1.01 bits per heavy atom. The first-order chi connectivity index (χ1) is 67.0. The first-order valence-corrected chi connectivity index (χ1v) is 61.1. The minimum Gasteiger partial charge on any atom is -0.390 e. The average Bonchev–Trinajstić information content (AvgIpc) is 1.39. The summed E-state index contributed by atoms with van der Waals surface area (Å²) in [4.78, 5) is 60.1. The van der Waals surface area contributed by atoms with E-state index >= 15 is 0 Å². The van der Waals surface area contributed by atoms with Crippen molar-refractivity contribution in [2.24, 2.45) is 162 Å². The van der Waals surface area contributed by atoms with Gasteiger partial charge >= 0.3 is 0 Å². The molecule has 0 aliphatic heterocycles. The molecule has 20 nitrogen and oxygen atoms in total. The van der Waals surface area contributed by atoms with E-state index in [4.69, 9.17) is 0 Å². The number of Topliss-reactive ketones (excluding diaryl/α,β-unsaturated/α-hetero) is 4. The van der Waals surface area contributed by atoms with Crippen molar-refractivity contribution in [1.29, 1.82) is 0 Å². The van der Waals surface area contributed by atoms with E-state index in [1.54, 1.807) is 51.8 Å². The highest BCUT2D eigenvalue weighted by Crippen LogP contribution is 2.74. The van der Waals surface area contributed by atoms with Crippen LogP contribution in [0.5, 0.6) is 0 Å². The summed E-state index contributed by atoms with van der Waals surface area (Å²) in [7, 11) is 0. The highest BCUT2D eigenvalue weighted by molar-refractivity contribution is 9.09. The van der Waals surface area contributed by atoms with Crippen molar-refractivity contribution in [2.75, 3.05) is 30.4 Å². The molecule has 0 saturated heterocycles. The Hall–Kier alpha value is -5.12. The number of ketones is 4. The number of hydrogen-bond donors (Lipinski definition) is 5. The lowest BCUT2D eigenvalue weighted by atomic mass is 9.44. The number of benzene rings is 4. The fourth-order valence-electron chi connectivity index (χ4n) is 37.2. The van der Waals surface area contributed by atoms with Gasteiger partial charge in [-0.15, -0.1) is 57.2 Å². The lowest BCUT2D eigenvalue weighted by molar-refractivity contribution is -0.151. The Morgan fingerprint density at radius 2 is 0.627 bits per heavy atom. The molecule has 4 heterocycles. The van der Waals surface area contributed by atoms with E-state index in [0.717, 1.165) is 194 Å². The van der Waals surface area contributed by atoms with Gasteiger partial charge in [0.15, 0.2) is 17.3 Å². The zero-order chi connectivity index (χ0) is 99.5. The molecule has 0 radical (unpaired) electrons. The fraction of sp³-hybridized carbons (Fsp3) is 0.761. The monoisotopic (exact) mass is 2080 g/mol. The Bertz CT molecular complexity index is 5930. The third kappa shape index (κ3) is 19.0. The van der Waals surface area contributed by atoms with Crippen LogP contribution in [0.25, 0.3) is 44.1 Å². The quantitative estimate of drug-likeness (QED) is 0.0471. The molecular formula is C117H169BrN12O8S4. The Labute approximate surface area is 871 Å². The van der Waals surface area contributed by atoms with Gasteiger partial charge in [-0.3, -0.25) is 19.2 Å². The molecule has 16 fully saturated rings. The molecule has 5 N–H and O–H groups in total. The van der Waals surface area contributed by atoms with Crippen LogP contribution >= 0.6 is 63.0 Å². The van der Waals surface area contributed by atoms with Gasteiger partial charge in [0, 0.05) is 43.3 Å². The van der Waals surface area contributed by atoms with Gasteiger partial charge < -0.3 is 20.4 Å². The van der Waals surface area contributed by atoms with Crippen molar-refractivity contribution in [3.05, 3.63) is 72.8 Å². The number of aromatic nitrogens is 12. The van der Waals surface area contributed by atoms with Gasteiger partial charge in [-0.05, 0) is 495 Å². The van der Waals surface area contributed by atoms with Crippen molar-refractivity contribution in [1.82, 2.24) is 60.4 Å². The predicted molar refractivity (Wildman–Crippen MR) is 578 cm³/mol. The van der Waals surface area contributed by atoms with Crippen LogP contribution in [-0.4, -0.2) is 157 Å². The number of nitrogens with one attached hydrogen (secondary N) is 1. The van der Waals surface area contributed by atoms with Gasteiger partial charge in [-0.2, -0.15) is 30.4 Å². The molecule has 4 aromatic heterocycles. The summed E-state index contributed by atoms with van der Waals surface area (Å²) in [6.07, 6.45) is 49.7. The van der Waals surface area contributed by atoms with E-state index in [1.165, 1.54) is 154 Å². The normalized spacial score (nSPS) is 42.3. The van der Waals surface area contributed by atoms with Crippen molar-refractivity contribution < 1.29 is 39.6 Å². The number of aliphatic hydroxyl groups is 4. The van der Waals surface area contributed by atoms with Crippen LogP contribution in [0, 0.1) is 162 Å². The van der Waals surface area contributed by atoms with Crippen LogP contribution in [0.2, 0.25) is 0 Å². The zero-order valence-electron chi connectivity index (χ0n) is 87.6. The van der Waals surface area contributed by atoms with E-state index in [2.05, 4.69) is 179 Å². The maximum atomic E-state index is 13.8. The van der Waals surface area contributed by atoms with E-state index < -0.39 is 22.4 Å². The third-order valence-electron chi connectivity index (χ3n) is 45.0. The van der Waals surface area contributed by atoms with Crippen LogP contribution in [0.1, 0.15) is 322 Å². The van der Waals surface area contributed by atoms with Gasteiger partial charge in [0.25, 0.3) is 0 Å². The molecule has 25 heteroatoms. The number of halogens is 1. The number of nitrogens with zero attached hydrogens (tertiary/aromatic N) is 11. The van der Waals surface area contributed by atoms with E-state index in [0.29, 0.717) is 111 Å². The fourth-order valence-corrected chi connectivity index (χ4v) is 39.3. The maximum absolute atomic E-state index is 13.8. The van der Waals surface area contributed by atoms with E-state index in [-0.39, 0.29) is 52.8 Å². The second-order valence-electron chi connectivity index (χ2n) is 52.1. The summed E-state index contributed by atoms with van der Waals surface area (Å²) in [5.41, 5.74) is 7.46. The summed E-state index contributed by atoms with van der Waals surface area (Å²) in [5, 5.41) is 80.5. The minimum atomic E-state index is -0.479. The number of aromatic amines is 1. The first kappa shape index (κ1) is 105. The Balaban J connectivity index is 0.000000116. The smallest absolute Gasteiger partial charge is 0.159 e.